The van der Waals surface area contributed by atoms with E-state index in [0.717, 1.165) is 0 Å². The van der Waals surface area contributed by atoms with Crippen LogP contribution in [0, 0.1) is 12.7 Å². The largest absolute Gasteiger partial charge is 0.463 e. The van der Waals surface area contributed by atoms with E-state index >= 15 is 0 Å². The molecule has 0 unspecified atom stereocenters. The molecule has 0 fully saturated rings. The van der Waals surface area contributed by atoms with Gasteiger partial charge in [0.05, 0.1) is 12.8 Å². The molecule has 0 atom stereocenters. The van der Waals surface area contributed by atoms with Crippen molar-refractivity contribution in [3.8, 4) is 0 Å². The summed E-state index contributed by atoms with van der Waals surface area (Å²) in [4.78, 5) is 17.9. The predicted octanol–water partition coefficient (Wildman–Crippen LogP) is 1.36. The Morgan fingerprint density at radius 1 is 1.54 bits per heavy atom. The van der Waals surface area contributed by atoms with Crippen molar-refractivity contribution in [2.45, 2.75) is 6.92 Å². The zero-order valence-corrected chi connectivity index (χ0v) is 7.72. The minimum atomic E-state index is -0.745. The van der Waals surface area contributed by atoms with Crippen LogP contribution < -0.4 is 0 Å². The molecular formula is C7H6ClFN2O2. The van der Waals surface area contributed by atoms with E-state index in [0.29, 0.717) is 0 Å². The number of methoxy groups -OCH3 is 1. The number of halogens is 2. The van der Waals surface area contributed by atoms with E-state index in [-0.39, 0.29) is 16.7 Å². The van der Waals surface area contributed by atoms with Gasteiger partial charge >= 0.3 is 5.97 Å². The first-order chi connectivity index (χ1) is 6.06. The fourth-order valence-electron chi connectivity index (χ4n) is 0.707. The number of carbonyl (C=O) groups excluding carboxylic acids is 1. The molecule has 1 aromatic heterocycles. The number of aromatic nitrogens is 2. The maximum atomic E-state index is 12.9. The summed E-state index contributed by atoms with van der Waals surface area (Å²) in [5.74, 6) is -1.72. The fraction of sp³-hybridized carbons (Fsp3) is 0.286. The molecule has 0 aliphatic heterocycles. The van der Waals surface area contributed by atoms with Crippen LogP contribution in [-0.4, -0.2) is 23.0 Å². The topological polar surface area (TPSA) is 52.1 Å². The van der Waals surface area contributed by atoms with Crippen LogP contribution in [0.3, 0.4) is 0 Å². The van der Waals surface area contributed by atoms with Crippen molar-refractivity contribution < 1.29 is 13.9 Å². The fourth-order valence-corrected chi connectivity index (χ4v) is 0.924. The van der Waals surface area contributed by atoms with Gasteiger partial charge in [0.1, 0.15) is 0 Å². The van der Waals surface area contributed by atoms with Crippen LogP contribution >= 0.6 is 11.6 Å². The Labute approximate surface area is 78.7 Å². The highest BCUT2D eigenvalue weighted by atomic mass is 35.5. The standard InChI is InChI=1S/C7H6ClFN2O2/c1-3-4(9)5(8)11-6(10-3)7(12)13-2/h1-2H3. The molecule has 0 saturated carbocycles. The van der Waals surface area contributed by atoms with Crippen LogP contribution in [0.4, 0.5) is 4.39 Å². The van der Waals surface area contributed by atoms with Gasteiger partial charge in [-0.3, -0.25) is 0 Å². The molecule has 13 heavy (non-hydrogen) atoms. The smallest absolute Gasteiger partial charge is 0.376 e. The average molecular weight is 205 g/mol. The average Bonchev–Trinajstić information content (AvgIpc) is 2.12. The Kier molecular flexibility index (Phi) is 2.77. The van der Waals surface area contributed by atoms with E-state index in [1.54, 1.807) is 0 Å². The Morgan fingerprint density at radius 3 is 2.62 bits per heavy atom. The third-order valence-electron chi connectivity index (χ3n) is 1.34. The van der Waals surface area contributed by atoms with Gasteiger partial charge in [-0.1, -0.05) is 11.6 Å². The SMILES string of the molecule is COC(=O)c1nc(C)c(F)c(Cl)n1. The molecule has 70 valence electrons. The van der Waals surface area contributed by atoms with Crippen LogP contribution in [0.15, 0.2) is 0 Å². The number of esters is 1. The van der Waals surface area contributed by atoms with Crippen LogP contribution in [0.5, 0.6) is 0 Å². The van der Waals surface area contributed by atoms with Crippen molar-refractivity contribution >= 4 is 17.6 Å². The van der Waals surface area contributed by atoms with Crippen LogP contribution in [0.1, 0.15) is 16.3 Å². The minimum absolute atomic E-state index is 0.0143. The van der Waals surface area contributed by atoms with Crippen molar-refractivity contribution in [1.29, 1.82) is 0 Å². The van der Waals surface area contributed by atoms with E-state index < -0.39 is 11.8 Å². The molecule has 0 bridgehead atoms. The van der Waals surface area contributed by atoms with Crippen molar-refractivity contribution in [3.63, 3.8) is 0 Å². The van der Waals surface area contributed by atoms with Crippen LogP contribution in [0.2, 0.25) is 5.15 Å². The molecular weight excluding hydrogens is 199 g/mol. The summed E-state index contributed by atoms with van der Waals surface area (Å²) in [6, 6.07) is 0. The number of hydrogen-bond donors (Lipinski definition) is 0. The first kappa shape index (κ1) is 9.85. The molecule has 6 heteroatoms. The number of rotatable bonds is 1. The first-order valence-electron chi connectivity index (χ1n) is 3.34. The van der Waals surface area contributed by atoms with Gasteiger partial charge in [0.25, 0.3) is 0 Å². The maximum absolute atomic E-state index is 12.9. The van der Waals surface area contributed by atoms with E-state index in [1.165, 1.54) is 14.0 Å². The number of hydrogen-bond acceptors (Lipinski definition) is 4. The van der Waals surface area contributed by atoms with Crippen molar-refractivity contribution in [2.24, 2.45) is 0 Å². The Hall–Kier alpha value is -1.23. The van der Waals surface area contributed by atoms with Crippen LogP contribution in [-0.2, 0) is 4.74 Å². The molecule has 0 radical (unpaired) electrons. The Balaban J connectivity index is 3.20. The molecule has 0 aliphatic carbocycles. The summed E-state index contributed by atoms with van der Waals surface area (Å²) in [5.41, 5.74) is 0.0143. The zero-order chi connectivity index (χ0) is 10.0. The molecule has 0 N–H and O–H groups in total. The summed E-state index contributed by atoms with van der Waals surface area (Å²) in [5, 5.41) is -0.382. The third-order valence-corrected chi connectivity index (χ3v) is 1.59. The van der Waals surface area contributed by atoms with Crippen molar-refractivity contribution in [1.82, 2.24) is 9.97 Å². The van der Waals surface area contributed by atoms with E-state index in [2.05, 4.69) is 14.7 Å². The molecule has 4 nitrogen and oxygen atoms in total. The van der Waals surface area contributed by atoms with Gasteiger partial charge in [0.2, 0.25) is 5.82 Å². The van der Waals surface area contributed by atoms with Gasteiger partial charge in [-0.15, -0.1) is 0 Å². The number of nitrogens with zero attached hydrogens (tertiary/aromatic N) is 2. The Morgan fingerprint density at radius 2 is 2.15 bits per heavy atom. The second-order valence-corrected chi connectivity index (χ2v) is 2.59. The van der Waals surface area contributed by atoms with E-state index in [9.17, 15) is 9.18 Å². The molecule has 0 amide bonds. The zero-order valence-electron chi connectivity index (χ0n) is 6.97. The quantitative estimate of drug-likeness (QED) is 0.512. The van der Waals surface area contributed by atoms with Gasteiger partial charge in [-0.25, -0.2) is 19.2 Å². The normalized spacial score (nSPS) is 9.85. The lowest BCUT2D eigenvalue weighted by Gasteiger charge is -2.01. The second-order valence-electron chi connectivity index (χ2n) is 2.23. The molecule has 0 aliphatic rings. The lowest BCUT2D eigenvalue weighted by molar-refractivity contribution is 0.0586. The molecule has 1 heterocycles. The molecule has 0 saturated heterocycles. The summed E-state index contributed by atoms with van der Waals surface area (Å²) in [7, 11) is 1.18. The second kappa shape index (κ2) is 3.66. The highest BCUT2D eigenvalue weighted by Gasteiger charge is 2.15. The summed E-state index contributed by atoms with van der Waals surface area (Å²) in [6.45, 7) is 1.38. The highest BCUT2D eigenvalue weighted by Crippen LogP contribution is 2.13. The maximum Gasteiger partial charge on any atom is 0.376 e. The van der Waals surface area contributed by atoms with Crippen molar-refractivity contribution in [3.05, 3.63) is 22.5 Å². The lowest BCUT2D eigenvalue weighted by atomic mass is 10.4. The van der Waals surface area contributed by atoms with Gasteiger partial charge in [-0.2, -0.15) is 0 Å². The molecule has 0 spiro atoms. The highest BCUT2D eigenvalue weighted by molar-refractivity contribution is 6.29. The Bertz CT molecular complexity index is 333. The third kappa shape index (κ3) is 1.92. The number of ether oxygens (including phenoxy) is 1. The van der Waals surface area contributed by atoms with Crippen LogP contribution in [0.25, 0.3) is 0 Å². The van der Waals surface area contributed by atoms with Gasteiger partial charge in [0, 0.05) is 0 Å². The summed E-state index contributed by atoms with van der Waals surface area (Å²) < 4.78 is 17.2. The van der Waals surface area contributed by atoms with Gasteiger partial charge in [0.15, 0.2) is 11.0 Å². The van der Waals surface area contributed by atoms with Crippen molar-refractivity contribution in [2.75, 3.05) is 7.11 Å². The van der Waals surface area contributed by atoms with Gasteiger partial charge < -0.3 is 4.74 Å². The molecule has 1 rings (SSSR count). The summed E-state index contributed by atoms with van der Waals surface area (Å²) >= 11 is 5.39. The minimum Gasteiger partial charge on any atom is -0.463 e. The predicted molar refractivity (Wildman–Crippen MR) is 43.1 cm³/mol. The summed E-state index contributed by atoms with van der Waals surface area (Å²) in [6.07, 6.45) is 0. The monoisotopic (exact) mass is 204 g/mol. The molecule has 1 aromatic rings. The first-order valence-corrected chi connectivity index (χ1v) is 3.72. The molecule has 0 aromatic carbocycles. The van der Waals surface area contributed by atoms with E-state index in [1.807, 2.05) is 0 Å². The number of aryl methyl sites for hydroxylation is 1. The van der Waals surface area contributed by atoms with E-state index in [4.69, 9.17) is 11.6 Å². The van der Waals surface area contributed by atoms with Gasteiger partial charge in [-0.05, 0) is 6.92 Å². The number of carbonyl (C=O) groups is 1. The lowest BCUT2D eigenvalue weighted by Crippen LogP contribution is -2.09.